The number of rotatable bonds is 7. The highest BCUT2D eigenvalue weighted by atomic mass is 16.5. The van der Waals surface area contributed by atoms with Crippen LogP contribution in [0, 0.1) is 19.8 Å². The van der Waals surface area contributed by atoms with Gasteiger partial charge in [-0.3, -0.25) is 14.4 Å². The molecular weight excluding hydrogens is 442 g/mol. The van der Waals surface area contributed by atoms with E-state index in [9.17, 15) is 14.4 Å². The fraction of sp³-hybridized carbons (Fsp3) is 0.250. The number of amides is 3. The van der Waals surface area contributed by atoms with Crippen molar-refractivity contribution in [2.45, 2.75) is 27.2 Å². The van der Waals surface area contributed by atoms with Gasteiger partial charge >= 0.3 is 0 Å². The summed E-state index contributed by atoms with van der Waals surface area (Å²) in [6.45, 7) is 6.72. The predicted molar refractivity (Wildman–Crippen MR) is 137 cm³/mol. The van der Waals surface area contributed by atoms with Gasteiger partial charge in [-0.2, -0.15) is 0 Å². The lowest BCUT2D eigenvalue weighted by Crippen LogP contribution is -2.28. The van der Waals surface area contributed by atoms with E-state index in [0.29, 0.717) is 24.4 Å². The highest BCUT2D eigenvalue weighted by molar-refractivity contribution is 6.06. The molecule has 0 radical (unpaired) electrons. The Bertz CT molecular complexity index is 1250. The Kier molecular flexibility index (Phi) is 7.15. The van der Waals surface area contributed by atoms with Crippen LogP contribution in [0.25, 0.3) is 0 Å². The van der Waals surface area contributed by atoms with Crippen molar-refractivity contribution in [3.05, 3.63) is 83.4 Å². The minimum Gasteiger partial charge on any atom is -0.494 e. The third-order valence-electron chi connectivity index (χ3n) is 5.98. The van der Waals surface area contributed by atoms with Gasteiger partial charge in [-0.15, -0.1) is 0 Å². The maximum Gasteiger partial charge on any atom is 0.255 e. The molecule has 0 saturated carbocycles. The summed E-state index contributed by atoms with van der Waals surface area (Å²) < 4.78 is 5.45. The molecule has 2 N–H and O–H groups in total. The Balaban J connectivity index is 1.39. The summed E-state index contributed by atoms with van der Waals surface area (Å²) in [6.07, 6.45) is 0.131. The van der Waals surface area contributed by atoms with Crippen molar-refractivity contribution in [3.63, 3.8) is 0 Å². The number of nitrogens with one attached hydrogen (secondary N) is 2. The summed E-state index contributed by atoms with van der Waals surface area (Å²) in [4.78, 5) is 39.9. The van der Waals surface area contributed by atoms with Crippen molar-refractivity contribution in [2.24, 2.45) is 5.92 Å². The van der Waals surface area contributed by atoms with Gasteiger partial charge in [0.15, 0.2) is 0 Å². The van der Waals surface area contributed by atoms with Crippen LogP contribution in [0.15, 0.2) is 66.7 Å². The summed E-state index contributed by atoms with van der Waals surface area (Å²) in [5.74, 6) is -0.360. The van der Waals surface area contributed by atoms with Crippen molar-refractivity contribution in [2.75, 3.05) is 28.7 Å². The normalized spacial score (nSPS) is 15.1. The Morgan fingerprint density at radius 3 is 2.49 bits per heavy atom. The number of nitrogens with zero attached hydrogens (tertiary/aromatic N) is 1. The zero-order valence-electron chi connectivity index (χ0n) is 20.1. The van der Waals surface area contributed by atoms with Gasteiger partial charge < -0.3 is 20.3 Å². The highest BCUT2D eigenvalue weighted by Crippen LogP contribution is 2.28. The van der Waals surface area contributed by atoms with Gasteiger partial charge in [0.05, 0.1) is 12.5 Å². The van der Waals surface area contributed by atoms with Crippen molar-refractivity contribution in [1.82, 2.24) is 0 Å². The molecule has 3 aromatic rings. The van der Waals surface area contributed by atoms with E-state index in [1.54, 1.807) is 29.2 Å². The van der Waals surface area contributed by atoms with Crippen LogP contribution in [0.5, 0.6) is 5.75 Å². The van der Waals surface area contributed by atoms with Crippen molar-refractivity contribution >= 4 is 34.8 Å². The van der Waals surface area contributed by atoms with Gasteiger partial charge in [0.2, 0.25) is 11.8 Å². The average molecular weight is 472 g/mol. The van der Waals surface area contributed by atoms with E-state index < -0.39 is 5.92 Å². The molecule has 4 rings (SSSR count). The Morgan fingerprint density at radius 2 is 1.77 bits per heavy atom. The smallest absolute Gasteiger partial charge is 0.255 e. The average Bonchev–Trinajstić information content (AvgIpc) is 3.23. The van der Waals surface area contributed by atoms with E-state index in [4.69, 9.17) is 4.74 Å². The van der Waals surface area contributed by atoms with Gasteiger partial charge in [0.25, 0.3) is 5.91 Å². The molecule has 0 spiro atoms. The molecule has 1 saturated heterocycles. The molecule has 0 aromatic heterocycles. The van der Waals surface area contributed by atoms with E-state index in [0.717, 1.165) is 28.3 Å². The highest BCUT2D eigenvalue weighted by Gasteiger charge is 2.35. The lowest BCUT2D eigenvalue weighted by atomic mass is 10.1. The molecule has 0 bridgehead atoms. The number of ether oxygens (including phenoxy) is 1. The number of aryl methyl sites for hydroxylation is 2. The van der Waals surface area contributed by atoms with E-state index in [-0.39, 0.29) is 24.1 Å². The number of benzene rings is 3. The topological polar surface area (TPSA) is 87.7 Å². The third kappa shape index (κ3) is 5.69. The molecular formula is C28H29N3O4. The predicted octanol–water partition coefficient (Wildman–Crippen LogP) is 4.95. The zero-order valence-corrected chi connectivity index (χ0v) is 20.1. The Morgan fingerprint density at radius 1 is 1.00 bits per heavy atom. The lowest BCUT2D eigenvalue weighted by Gasteiger charge is -2.17. The standard InChI is InChI=1S/C28H29N3O4/c1-4-35-24-11-9-23(10-12-24)31-17-21(16-26(31)32)28(34)29-22-7-5-6-20(15-22)27(33)30-25-13-8-18(2)14-19(25)3/h5-15,21H,4,16-17H2,1-3H3,(H,29,34)(H,30,33)/t21-/m0/s1. The molecule has 1 atom stereocenters. The largest absolute Gasteiger partial charge is 0.494 e. The number of carbonyl (C=O) groups excluding carboxylic acids is 3. The second kappa shape index (κ2) is 10.4. The van der Waals surface area contributed by atoms with Crippen LogP contribution >= 0.6 is 0 Å². The van der Waals surface area contributed by atoms with Crippen LogP contribution in [0.1, 0.15) is 34.8 Å². The van der Waals surface area contributed by atoms with Crippen molar-refractivity contribution in [3.8, 4) is 5.75 Å². The maximum absolute atomic E-state index is 12.9. The number of carbonyl (C=O) groups is 3. The molecule has 0 aliphatic carbocycles. The van der Waals surface area contributed by atoms with E-state index in [2.05, 4.69) is 10.6 Å². The van der Waals surface area contributed by atoms with Crippen molar-refractivity contribution in [1.29, 1.82) is 0 Å². The van der Waals surface area contributed by atoms with E-state index in [1.807, 2.05) is 63.2 Å². The monoisotopic (exact) mass is 471 g/mol. The van der Waals surface area contributed by atoms with Gasteiger partial charge in [0, 0.05) is 35.6 Å². The summed E-state index contributed by atoms with van der Waals surface area (Å²) in [5.41, 5.74) is 4.52. The minimum atomic E-state index is -0.484. The van der Waals surface area contributed by atoms with E-state index in [1.165, 1.54) is 0 Å². The molecule has 35 heavy (non-hydrogen) atoms. The van der Waals surface area contributed by atoms with Gasteiger partial charge in [-0.05, 0) is 74.9 Å². The van der Waals surface area contributed by atoms with Gasteiger partial charge in [-0.1, -0.05) is 23.8 Å². The minimum absolute atomic E-state index is 0.101. The second-order valence-electron chi connectivity index (χ2n) is 8.67. The molecule has 3 aromatic carbocycles. The molecule has 7 nitrogen and oxygen atoms in total. The molecule has 1 fully saturated rings. The summed E-state index contributed by atoms with van der Waals surface area (Å²) in [7, 11) is 0. The summed E-state index contributed by atoms with van der Waals surface area (Å²) in [5, 5.41) is 5.78. The fourth-order valence-electron chi connectivity index (χ4n) is 4.15. The number of hydrogen-bond donors (Lipinski definition) is 2. The molecule has 3 amide bonds. The fourth-order valence-corrected chi connectivity index (χ4v) is 4.15. The first-order chi connectivity index (χ1) is 16.8. The third-order valence-corrected chi connectivity index (χ3v) is 5.98. The van der Waals surface area contributed by atoms with Gasteiger partial charge in [0.1, 0.15) is 5.75 Å². The molecule has 1 aliphatic heterocycles. The van der Waals surface area contributed by atoms with Crippen LogP contribution in [0.3, 0.4) is 0 Å². The first-order valence-electron chi connectivity index (χ1n) is 11.7. The number of hydrogen-bond acceptors (Lipinski definition) is 4. The second-order valence-corrected chi connectivity index (χ2v) is 8.67. The molecule has 0 unspecified atom stereocenters. The lowest BCUT2D eigenvalue weighted by molar-refractivity contribution is -0.122. The van der Waals surface area contributed by atoms with Crippen LogP contribution in [-0.4, -0.2) is 30.9 Å². The quantitative estimate of drug-likeness (QED) is 0.511. The van der Waals surface area contributed by atoms with Crippen LogP contribution in [-0.2, 0) is 9.59 Å². The summed E-state index contributed by atoms with van der Waals surface area (Å²) in [6, 6.07) is 19.9. The van der Waals surface area contributed by atoms with Crippen LogP contribution in [0.2, 0.25) is 0 Å². The van der Waals surface area contributed by atoms with Crippen LogP contribution in [0.4, 0.5) is 17.1 Å². The Labute approximate surface area is 205 Å². The van der Waals surface area contributed by atoms with Gasteiger partial charge in [-0.25, -0.2) is 0 Å². The van der Waals surface area contributed by atoms with Crippen molar-refractivity contribution < 1.29 is 19.1 Å². The molecule has 1 heterocycles. The zero-order chi connectivity index (χ0) is 24.9. The van der Waals surface area contributed by atoms with E-state index >= 15 is 0 Å². The summed E-state index contributed by atoms with van der Waals surface area (Å²) >= 11 is 0. The maximum atomic E-state index is 12.9. The molecule has 1 aliphatic rings. The molecule has 7 heteroatoms. The first-order valence-corrected chi connectivity index (χ1v) is 11.7. The first kappa shape index (κ1) is 24.0. The Hall–Kier alpha value is -4.13. The van der Waals surface area contributed by atoms with Crippen LogP contribution < -0.4 is 20.3 Å². The molecule has 180 valence electrons. The number of anilines is 3. The SMILES string of the molecule is CCOc1ccc(N2C[C@@H](C(=O)Nc3cccc(C(=O)Nc4ccc(C)cc4C)c3)CC2=O)cc1.